The number of hydrogen-bond acceptors (Lipinski definition) is 3. The van der Waals surface area contributed by atoms with Gasteiger partial charge >= 0.3 is 0 Å². The van der Waals surface area contributed by atoms with Crippen molar-refractivity contribution in [3.63, 3.8) is 0 Å². The van der Waals surface area contributed by atoms with Crippen molar-refractivity contribution in [2.45, 2.75) is 0 Å². The summed E-state index contributed by atoms with van der Waals surface area (Å²) in [5.74, 6) is 0.581. The molecule has 0 radical (unpaired) electrons. The van der Waals surface area contributed by atoms with Gasteiger partial charge in [-0.25, -0.2) is 4.39 Å². The lowest BCUT2D eigenvalue weighted by atomic mass is 10.2. The van der Waals surface area contributed by atoms with E-state index in [9.17, 15) is 4.39 Å². The van der Waals surface area contributed by atoms with Crippen LogP contribution in [0.2, 0.25) is 5.02 Å². The molecule has 19 heavy (non-hydrogen) atoms. The number of thiocarbonyl (C=S) groups is 1. The maximum Gasteiger partial charge on any atom is 0.184 e. The van der Waals surface area contributed by atoms with Gasteiger partial charge in [0, 0.05) is 5.56 Å². The zero-order valence-electron chi connectivity index (χ0n) is 9.56. The van der Waals surface area contributed by atoms with Crippen LogP contribution in [0.3, 0.4) is 0 Å². The molecule has 2 aromatic rings. The van der Waals surface area contributed by atoms with Gasteiger partial charge in [0.15, 0.2) is 5.11 Å². The van der Waals surface area contributed by atoms with Crippen molar-refractivity contribution >= 4 is 35.1 Å². The van der Waals surface area contributed by atoms with Gasteiger partial charge in [-0.05, 0) is 42.5 Å². The van der Waals surface area contributed by atoms with E-state index in [0.29, 0.717) is 17.1 Å². The zero-order valence-corrected chi connectivity index (χ0v) is 11.1. The van der Waals surface area contributed by atoms with Crippen molar-refractivity contribution in [3.8, 4) is 11.3 Å². The number of benzene rings is 1. The summed E-state index contributed by atoms with van der Waals surface area (Å²) in [5, 5.41) is 3.86. The minimum Gasteiger partial charge on any atom is -0.455 e. The average Bonchev–Trinajstić information content (AvgIpc) is 2.81. The van der Waals surface area contributed by atoms with Crippen molar-refractivity contribution < 1.29 is 8.81 Å². The lowest BCUT2D eigenvalue weighted by molar-refractivity contribution is 0.574. The number of halogens is 2. The first-order valence-electron chi connectivity index (χ1n) is 5.20. The third-order valence-corrected chi connectivity index (χ3v) is 2.58. The quantitative estimate of drug-likeness (QED) is 0.519. The van der Waals surface area contributed by atoms with Gasteiger partial charge in [-0.15, -0.1) is 0 Å². The third-order valence-electron chi connectivity index (χ3n) is 2.20. The van der Waals surface area contributed by atoms with Crippen LogP contribution < -0.4 is 11.2 Å². The number of rotatable bonds is 3. The van der Waals surface area contributed by atoms with E-state index in [1.165, 1.54) is 18.3 Å². The largest absolute Gasteiger partial charge is 0.455 e. The van der Waals surface area contributed by atoms with Crippen molar-refractivity contribution in [3.05, 3.63) is 46.9 Å². The normalized spacial score (nSPS) is 10.8. The van der Waals surface area contributed by atoms with E-state index < -0.39 is 5.82 Å². The molecule has 3 N–H and O–H groups in total. The molecular weight excluding hydrogens is 289 g/mol. The van der Waals surface area contributed by atoms with Crippen LogP contribution in [0, 0.1) is 5.82 Å². The van der Waals surface area contributed by atoms with E-state index in [4.69, 9.17) is 21.8 Å². The summed E-state index contributed by atoms with van der Waals surface area (Å²) >= 11 is 10.3. The van der Waals surface area contributed by atoms with Gasteiger partial charge in [0.25, 0.3) is 0 Å². The Hall–Kier alpha value is -1.92. The van der Waals surface area contributed by atoms with Crippen LogP contribution in [-0.4, -0.2) is 11.3 Å². The molecular formula is C12H9ClFN3OS. The lowest BCUT2D eigenvalue weighted by Crippen LogP contribution is -2.23. The highest BCUT2D eigenvalue weighted by Crippen LogP contribution is 2.26. The fourth-order valence-electron chi connectivity index (χ4n) is 1.39. The second-order valence-corrected chi connectivity index (χ2v) is 4.41. The van der Waals surface area contributed by atoms with Crippen LogP contribution in [0.4, 0.5) is 4.39 Å². The molecule has 1 aromatic heterocycles. The van der Waals surface area contributed by atoms with Gasteiger partial charge in [0.1, 0.15) is 17.3 Å². The number of hydrazone groups is 1. The Morgan fingerprint density at radius 1 is 1.42 bits per heavy atom. The predicted molar refractivity (Wildman–Crippen MR) is 76.6 cm³/mol. The molecule has 0 atom stereocenters. The molecule has 98 valence electrons. The summed E-state index contributed by atoms with van der Waals surface area (Å²) in [7, 11) is 0. The van der Waals surface area contributed by atoms with Crippen LogP contribution in [0.25, 0.3) is 11.3 Å². The van der Waals surface area contributed by atoms with Gasteiger partial charge in [0.2, 0.25) is 0 Å². The van der Waals surface area contributed by atoms with E-state index in [-0.39, 0.29) is 10.1 Å². The second-order valence-electron chi connectivity index (χ2n) is 3.57. The van der Waals surface area contributed by atoms with Crippen LogP contribution in [-0.2, 0) is 0 Å². The highest BCUT2D eigenvalue weighted by Gasteiger charge is 2.06. The van der Waals surface area contributed by atoms with Gasteiger partial charge < -0.3 is 10.2 Å². The Bertz CT molecular complexity index is 642. The van der Waals surface area contributed by atoms with Gasteiger partial charge in [-0.1, -0.05) is 11.6 Å². The summed E-state index contributed by atoms with van der Waals surface area (Å²) < 4.78 is 18.5. The number of nitrogens with two attached hydrogens (primary N) is 1. The standard InChI is InChI=1S/C12H9ClFN3OS/c13-9-5-7(1-3-10(9)14)11-4-2-8(18-11)6-16-17-12(15)19/h1-6H,(H3,15,17,19)/b16-6+. The Balaban J connectivity index is 2.18. The van der Waals surface area contributed by atoms with Crippen LogP contribution in [0.5, 0.6) is 0 Å². The molecule has 1 aromatic carbocycles. The molecule has 0 unspecified atom stereocenters. The number of hydrogen-bond donors (Lipinski definition) is 2. The average molecular weight is 298 g/mol. The van der Waals surface area contributed by atoms with E-state index in [1.54, 1.807) is 18.2 Å². The Morgan fingerprint density at radius 2 is 2.21 bits per heavy atom. The van der Waals surface area contributed by atoms with Gasteiger partial charge in [-0.3, -0.25) is 5.43 Å². The predicted octanol–water partition coefficient (Wildman–Crippen LogP) is 2.91. The first kappa shape index (κ1) is 13.5. The Morgan fingerprint density at radius 3 is 2.89 bits per heavy atom. The maximum absolute atomic E-state index is 13.0. The fourth-order valence-corrected chi connectivity index (χ4v) is 1.62. The molecule has 7 heteroatoms. The van der Waals surface area contributed by atoms with E-state index >= 15 is 0 Å². The summed E-state index contributed by atoms with van der Waals surface area (Å²) in [5.41, 5.74) is 8.29. The summed E-state index contributed by atoms with van der Waals surface area (Å²) in [6.07, 6.45) is 1.42. The summed E-state index contributed by atoms with van der Waals surface area (Å²) in [6.45, 7) is 0. The molecule has 0 saturated carbocycles. The highest BCUT2D eigenvalue weighted by atomic mass is 35.5. The molecule has 4 nitrogen and oxygen atoms in total. The monoisotopic (exact) mass is 297 g/mol. The number of nitrogens with one attached hydrogen (secondary N) is 1. The van der Waals surface area contributed by atoms with Crippen molar-refractivity contribution in [2.24, 2.45) is 10.8 Å². The Labute approximate surface area is 119 Å². The molecule has 0 fully saturated rings. The molecule has 0 aliphatic rings. The van der Waals surface area contributed by atoms with Crippen molar-refractivity contribution in [1.82, 2.24) is 5.43 Å². The first-order valence-corrected chi connectivity index (χ1v) is 5.98. The SMILES string of the molecule is NC(=S)N/N=C/c1ccc(-c2ccc(F)c(Cl)c2)o1. The van der Waals surface area contributed by atoms with Crippen molar-refractivity contribution in [1.29, 1.82) is 0 Å². The zero-order chi connectivity index (χ0) is 13.8. The summed E-state index contributed by atoms with van der Waals surface area (Å²) in [4.78, 5) is 0. The van der Waals surface area contributed by atoms with Gasteiger partial charge in [0.05, 0.1) is 11.2 Å². The van der Waals surface area contributed by atoms with Crippen LogP contribution >= 0.6 is 23.8 Å². The molecule has 0 saturated heterocycles. The van der Waals surface area contributed by atoms with E-state index in [0.717, 1.165) is 0 Å². The van der Waals surface area contributed by atoms with Crippen LogP contribution in [0.15, 0.2) is 39.9 Å². The van der Waals surface area contributed by atoms with Crippen LogP contribution in [0.1, 0.15) is 5.76 Å². The number of furan rings is 1. The third kappa shape index (κ3) is 3.52. The van der Waals surface area contributed by atoms with Gasteiger partial charge in [-0.2, -0.15) is 5.10 Å². The molecule has 1 heterocycles. The topological polar surface area (TPSA) is 63.5 Å². The minimum atomic E-state index is -0.473. The minimum absolute atomic E-state index is 0.0410. The fraction of sp³-hybridized carbons (Fsp3) is 0. The second kappa shape index (κ2) is 5.81. The molecule has 0 bridgehead atoms. The summed E-state index contributed by atoms with van der Waals surface area (Å²) in [6, 6.07) is 7.78. The molecule has 2 rings (SSSR count). The molecule has 0 aliphatic heterocycles. The molecule has 0 spiro atoms. The lowest BCUT2D eigenvalue weighted by Gasteiger charge is -1.98. The maximum atomic E-state index is 13.0. The number of nitrogens with zero attached hydrogens (tertiary/aromatic N) is 1. The first-order chi connectivity index (χ1) is 9.06. The molecule has 0 amide bonds. The highest BCUT2D eigenvalue weighted by molar-refractivity contribution is 7.80. The Kier molecular flexibility index (Phi) is 4.13. The van der Waals surface area contributed by atoms with E-state index in [2.05, 4.69) is 22.7 Å². The smallest absolute Gasteiger partial charge is 0.184 e. The van der Waals surface area contributed by atoms with E-state index in [1.807, 2.05) is 0 Å². The van der Waals surface area contributed by atoms with Crippen molar-refractivity contribution in [2.75, 3.05) is 0 Å². The molecule has 0 aliphatic carbocycles.